The summed E-state index contributed by atoms with van der Waals surface area (Å²) in [5.41, 5.74) is 0.457. The van der Waals surface area contributed by atoms with Crippen molar-refractivity contribution in [1.29, 1.82) is 0 Å². The van der Waals surface area contributed by atoms with Crippen LogP contribution in [-0.4, -0.2) is 36.5 Å². The zero-order valence-corrected chi connectivity index (χ0v) is 17.1. The number of nitrogens with one attached hydrogen (secondary N) is 1. The van der Waals surface area contributed by atoms with Crippen molar-refractivity contribution >= 4 is 40.6 Å². The van der Waals surface area contributed by atoms with Gasteiger partial charge in [0.15, 0.2) is 0 Å². The van der Waals surface area contributed by atoms with Gasteiger partial charge in [-0.15, -0.1) is 23.7 Å². The molecule has 0 radical (unpaired) electrons. The number of thiophene rings is 1. The van der Waals surface area contributed by atoms with Crippen molar-refractivity contribution in [3.8, 4) is 0 Å². The molecule has 0 fully saturated rings. The van der Waals surface area contributed by atoms with E-state index in [1.807, 2.05) is 0 Å². The zero-order valence-electron chi connectivity index (χ0n) is 15.5. The highest BCUT2D eigenvalue weighted by Crippen LogP contribution is 2.38. The van der Waals surface area contributed by atoms with Gasteiger partial charge in [-0.2, -0.15) is 0 Å². The number of nitrogens with zero attached hydrogens (tertiary/aromatic N) is 1. The minimum atomic E-state index is -0.955. The van der Waals surface area contributed by atoms with Crippen LogP contribution in [0.4, 0.5) is 13.8 Å². The Bertz CT molecular complexity index is 868. The highest BCUT2D eigenvalue weighted by Gasteiger charge is 2.30. The van der Waals surface area contributed by atoms with Crippen LogP contribution in [0.5, 0.6) is 0 Å². The third-order valence-corrected chi connectivity index (χ3v) is 5.61. The SMILES string of the molecule is CCOC(=O)c1c(NC(=O)c2c(F)cccc2F)sc2c1CCN(CC)C2.Cl. The molecule has 1 aliphatic rings. The summed E-state index contributed by atoms with van der Waals surface area (Å²) in [6.45, 7) is 6.26. The molecule has 0 unspecified atom stereocenters. The van der Waals surface area contributed by atoms with Crippen molar-refractivity contribution in [2.75, 3.05) is 25.0 Å². The van der Waals surface area contributed by atoms with Crippen LogP contribution in [0.2, 0.25) is 0 Å². The molecule has 1 aliphatic heterocycles. The molecule has 0 spiro atoms. The molecule has 1 aromatic carbocycles. The molecule has 0 bridgehead atoms. The molecule has 1 amide bonds. The first-order valence-corrected chi connectivity index (χ1v) is 9.57. The number of hydrogen-bond acceptors (Lipinski definition) is 5. The Morgan fingerprint density at radius 1 is 1.21 bits per heavy atom. The van der Waals surface area contributed by atoms with Crippen LogP contribution in [-0.2, 0) is 17.7 Å². The van der Waals surface area contributed by atoms with E-state index in [0.717, 1.165) is 35.7 Å². The highest BCUT2D eigenvalue weighted by atomic mass is 35.5. The van der Waals surface area contributed by atoms with Crippen molar-refractivity contribution in [2.45, 2.75) is 26.8 Å². The Kier molecular flexibility index (Phi) is 7.51. The summed E-state index contributed by atoms with van der Waals surface area (Å²) in [6.07, 6.45) is 0.651. The standard InChI is InChI=1S/C19H20F2N2O3S.ClH/c1-3-23-9-8-11-14(10-23)27-18(15(11)19(25)26-4-2)22-17(24)16-12(20)6-5-7-13(16)21;/h5-7H,3-4,8-10H2,1-2H3,(H,22,24);1H. The summed E-state index contributed by atoms with van der Waals surface area (Å²) in [4.78, 5) is 28.1. The topological polar surface area (TPSA) is 58.6 Å². The van der Waals surface area contributed by atoms with Crippen LogP contribution >= 0.6 is 23.7 Å². The van der Waals surface area contributed by atoms with Crippen LogP contribution in [0.25, 0.3) is 0 Å². The third-order valence-electron chi connectivity index (χ3n) is 4.48. The normalized spacial score (nSPS) is 13.4. The van der Waals surface area contributed by atoms with Crippen molar-refractivity contribution in [3.63, 3.8) is 0 Å². The van der Waals surface area contributed by atoms with Gasteiger partial charge in [0.25, 0.3) is 5.91 Å². The predicted molar refractivity (Wildman–Crippen MR) is 106 cm³/mol. The number of anilines is 1. The Balaban J connectivity index is 0.00000280. The minimum absolute atomic E-state index is 0. The van der Waals surface area contributed by atoms with Gasteiger partial charge in [0.05, 0.1) is 12.2 Å². The number of likely N-dealkylation sites (N-methyl/N-ethyl adjacent to an activating group) is 1. The van der Waals surface area contributed by atoms with Gasteiger partial charge in [-0.3, -0.25) is 9.69 Å². The average Bonchev–Trinajstić information content (AvgIpc) is 2.98. The first-order valence-electron chi connectivity index (χ1n) is 8.75. The van der Waals surface area contributed by atoms with Gasteiger partial charge in [0.1, 0.15) is 22.2 Å². The van der Waals surface area contributed by atoms with Crippen molar-refractivity contribution in [3.05, 3.63) is 51.4 Å². The van der Waals surface area contributed by atoms with E-state index in [2.05, 4.69) is 17.1 Å². The van der Waals surface area contributed by atoms with E-state index in [4.69, 9.17) is 4.74 Å². The fourth-order valence-corrected chi connectivity index (χ4v) is 4.39. The van der Waals surface area contributed by atoms with Gasteiger partial charge in [-0.1, -0.05) is 13.0 Å². The summed E-state index contributed by atoms with van der Waals surface area (Å²) < 4.78 is 33.0. The Morgan fingerprint density at radius 2 is 1.89 bits per heavy atom. The van der Waals surface area contributed by atoms with Crippen molar-refractivity contribution in [2.24, 2.45) is 0 Å². The molecule has 9 heteroatoms. The molecule has 0 aliphatic carbocycles. The summed E-state index contributed by atoms with van der Waals surface area (Å²) in [7, 11) is 0. The second-order valence-electron chi connectivity index (χ2n) is 6.10. The molecule has 28 heavy (non-hydrogen) atoms. The molecule has 2 aromatic rings. The van der Waals surface area contributed by atoms with Crippen LogP contribution in [0.15, 0.2) is 18.2 Å². The fourth-order valence-electron chi connectivity index (χ4n) is 3.11. The number of esters is 1. The molecule has 152 valence electrons. The highest BCUT2D eigenvalue weighted by molar-refractivity contribution is 7.17. The second kappa shape index (κ2) is 9.45. The lowest BCUT2D eigenvalue weighted by molar-refractivity contribution is 0.0526. The van der Waals surface area contributed by atoms with Gasteiger partial charge in [0, 0.05) is 18.0 Å². The molecule has 5 nitrogen and oxygen atoms in total. The van der Waals surface area contributed by atoms with Gasteiger partial charge in [0.2, 0.25) is 0 Å². The number of amides is 1. The van der Waals surface area contributed by atoms with Crippen LogP contribution in [0.3, 0.4) is 0 Å². The second-order valence-corrected chi connectivity index (χ2v) is 7.20. The molecule has 1 aromatic heterocycles. The lowest BCUT2D eigenvalue weighted by atomic mass is 10.0. The number of benzene rings is 1. The smallest absolute Gasteiger partial charge is 0.341 e. The molecule has 1 N–H and O–H groups in total. The maximum Gasteiger partial charge on any atom is 0.341 e. The maximum absolute atomic E-state index is 13.9. The van der Waals surface area contributed by atoms with E-state index in [9.17, 15) is 18.4 Å². The van der Waals surface area contributed by atoms with E-state index in [-0.39, 0.29) is 29.6 Å². The Labute approximate surface area is 172 Å². The maximum atomic E-state index is 13.9. The quantitative estimate of drug-likeness (QED) is 0.720. The van der Waals surface area contributed by atoms with Gasteiger partial charge >= 0.3 is 5.97 Å². The minimum Gasteiger partial charge on any atom is -0.462 e. The van der Waals surface area contributed by atoms with E-state index in [1.54, 1.807) is 6.92 Å². The number of carbonyl (C=O) groups is 2. The van der Waals surface area contributed by atoms with E-state index in [0.29, 0.717) is 13.0 Å². The fraction of sp³-hybridized carbons (Fsp3) is 0.368. The van der Waals surface area contributed by atoms with Crippen LogP contribution in [0, 0.1) is 11.6 Å². The number of fused-ring (bicyclic) bond motifs is 1. The Morgan fingerprint density at radius 3 is 2.50 bits per heavy atom. The third kappa shape index (κ3) is 4.34. The first-order chi connectivity index (χ1) is 13.0. The largest absolute Gasteiger partial charge is 0.462 e. The monoisotopic (exact) mass is 430 g/mol. The summed E-state index contributed by atoms with van der Waals surface area (Å²) in [6, 6.07) is 3.22. The summed E-state index contributed by atoms with van der Waals surface area (Å²) >= 11 is 1.25. The molecular weight excluding hydrogens is 410 g/mol. The zero-order chi connectivity index (χ0) is 19.6. The van der Waals surface area contributed by atoms with Crippen LogP contribution < -0.4 is 5.32 Å². The van der Waals surface area contributed by atoms with E-state index >= 15 is 0 Å². The van der Waals surface area contributed by atoms with Gasteiger partial charge in [-0.25, -0.2) is 13.6 Å². The molecule has 2 heterocycles. The summed E-state index contributed by atoms with van der Waals surface area (Å²) in [5.74, 6) is -3.38. The van der Waals surface area contributed by atoms with E-state index in [1.165, 1.54) is 17.4 Å². The molecular formula is C19H21ClF2N2O3S. The number of rotatable bonds is 5. The number of carbonyl (C=O) groups excluding carboxylic acids is 2. The predicted octanol–water partition coefficient (Wildman–Crippen LogP) is 4.26. The molecule has 0 saturated carbocycles. The Hall–Kier alpha value is -2.03. The molecule has 0 saturated heterocycles. The molecule has 0 atom stereocenters. The number of halogens is 3. The number of ether oxygens (including phenoxy) is 1. The lowest BCUT2D eigenvalue weighted by Gasteiger charge is -2.25. The lowest BCUT2D eigenvalue weighted by Crippen LogP contribution is -2.30. The van der Waals surface area contributed by atoms with E-state index < -0.39 is 29.1 Å². The van der Waals surface area contributed by atoms with Gasteiger partial charge < -0.3 is 10.1 Å². The van der Waals surface area contributed by atoms with Crippen molar-refractivity contribution < 1.29 is 23.1 Å². The first kappa shape index (κ1) is 22.3. The average molecular weight is 431 g/mol. The van der Waals surface area contributed by atoms with Gasteiger partial charge in [-0.05, 0) is 37.6 Å². The van der Waals surface area contributed by atoms with Crippen molar-refractivity contribution in [1.82, 2.24) is 4.90 Å². The van der Waals surface area contributed by atoms with Crippen LogP contribution in [0.1, 0.15) is 45.0 Å². The number of hydrogen-bond donors (Lipinski definition) is 1. The summed E-state index contributed by atoms with van der Waals surface area (Å²) in [5, 5.41) is 2.79. The molecule has 3 rings (SSSR count).